The summed E-state index contributed by atoms with van der Waals surface area (Å²) >= 11 is 0. The number of carboxylic acid groups (broad SMARTS) is 2. The van der Waals surface area contributed by atoms with E-state index in [1.54, 1.807) is 0 Å². The van der Waals surface area contributed by atoms with Crippen LogP contribution in [0.15, 0.2) is 0 Å². The Hall–Kier alpha value is -2.07. The molecule has 1 aromatic rings. The topological polar surface area (TPSA) is 136 Å². The van der Waals surface area contributed by atoms with Gasteiger partial charge in [-0.25, -0.2) is 9.59 Å². The molecular formula is C28H45N5O4. The Kier molecular flexibility index (Phi) is 10.3. The van der Waals surface area contributed by atoms with E-state index in [-0.39, 0.29) is 23.2 Å². The fraction of sp³-hybridized carbons (Fsp3) is 0.750. The van der Waals surface area contributed by atoms with Crippen molar-refractivity contribution < 1.29 is 19.8 Å². The quantitative estimate of drug-likeness (QED) is 0.316. The molecule has 9 heteroatoms. The Morgan fingerprint density at radius 2 is 1.16 bits per heavy atom. The summed E-state index contributed by atoms with van der Waals surface area (Å²) in [5, 5.41) is 35.2. The minimum atomic E-state index is -1.09. The maximum absolute atomic E-state index is 12.5. The van der Waals surface area contributed by atoms with Gasteiger partial charge in [-0.15, -0.1) is 0 Å². The molecule has 2 heterocycles. The lowest BCUT2D eigenvalue weighted by atomic mass is 9.89. The number of carboxylic acids is 2. The molecule has 2 fully saturated rings. The second-order valence-corrected chi connectivity index (χ2v) is 11.0. The lowest BCUT2D eigenvalue weighted by molar-refractivity contribution is 0.0692. The van der Waals surface area contributed by atoms with Crippen molar-refractivity contribution in [2.75, 3.05) is 13.1 Å². The molecule has 206 valence electrons. The zero-order valence-corrected chi connectivity index (χ0v) is 22.3. The van der Waals surface area contributed by atoms with Crippen LogP contribution in [0.4, 0.5) is 0 Å². The number of hydrogen-bond donors (Lipinski definition) is 6. The molecule has 0 amide bonds. The molecule has 1 aromatic heterocycles. The second-order valence-electron chi connectivity index (χ2n) is 11.0. The smallest absolute Gasteiger partial charge is 0.337 e. The molecule has 0 radical (unpaired) electrons. The van der Waals surface area contributed by atoms with Crippen molar-refractivity contribution in [3.8, 4) is 0 Å². The Balaban J connectivity index is 1.75. The minimum absolute atomic E-state index is 0.0756. The summed E-state index contributed by atoms with van der Waals surface area (Å²) < 4.78 is 0. The number of fused-ring (bicyclic) bond motifs is 4. The van der Waals surface area contributed by atoms with E-state index in [1.807, 2.05) is 0 Å². The minimum Gasteiger partial charge on any atom is -0.478 e. The molecule has 2 saturated carbocycles. The van der Waals surface area contributed by atoms with E-state index in [1.165, 1.54) is 12.8 Å². The number of rotatable bonds is 6. The lowest BCUT2D eigenvalue weighted by Gasteiger charge is -2.34. The first-order valence-electron chi connectivity index (χ1n) is 14.4. The van der Waals surface area contributed by atoms with Crippen LogP contribution < -0.4 is 21.3 Å². The van der Waals surface area contributed by atoms with E-state index in [0.717, 1.165) is 70.9 Å². The molecule has 37 heavy (non-hydrogen) atoms. The number of nitrogens with zero attached hydrogens (tertiary/aromatic N) is 1. The fourth-order valence-corrected chi connectivity index (χ4v) is 6.52. The van der Waals surface area contributed by atoms with Gasteiger partial charge in [0.2, 0.25) is 0 Å². The van der Waals surface area contributed by atoms with Crippen LogP contribution in [0.2, 0.25) is 0 Å². The Labute approximate surface area is 220 Å². The van der Waals surface area contributed by atoms with Gasteiger partial charge in [0.05, 0.1) is 22.5 Å². The molecule has 2 bridgehead atoms. The summed E-state index contributed by atoms with van der Waals surface area (Å²) in [5.74, 6) is -2.18. The van der Waals surface area contributed by atoms with Gasteiger partial charge in [0.25, 0.3) is 0 Å². The molecule has 2 aliphatic carbocycles. The number of hydrogen-bond acceptors (Lipinski definition) is 7. The predicted molar refractivity (Wildman–Crippen MR) is 143 cm³/mol. The number of aromatic carboxylic acids is 2. The molecule has 4 atom stereocenters. The normalized spacial score (nSPS) is 27.3. The average molecular weight is 516 g/mol. The number of nitrogens with one attached hydrogen (secondary N) is 4. The summed E-state index contributed by atoms with van der Waals surface area (Å²) in [6, 6.07) is 1.12. The van der Waals surface area contributed by atoms with Gasteiger partial charge in [0.15, 0.2) is 0 Å². The molecule has 0 aromatic carbocycles. The summed E-state index contributed by atoms with van der Waals surface area (Å²) in [6.07, 6.45) is 12.0. The van der Waals surface area contributed by atoms with Crippen LogP contribution in [0, 0.1) is 0 Å². The van der Waals surface area contributed by atoms with Crippen LogP contribution >= 0.6 is 0 Å². The van der Waals surface area contributed by atoms with Crippen LogP contribution in [0.3, 0.4) is 0 Å². The van der Waals surface area contributed by atoms with Gasteiger partial charge in [-0.1, -0.05) is 45.4 Å². The van der Waals surface area contributed by atoms with Crippen molar-refractivity contribution in [3.63, 3.8) is 0 Å². The first kappa shape index (κ1) is 28.0. The number of pyridine rings is 1. The van der Waals surface area contributed by atoms with E-state index in [4.69, 9.17) is 4.98 Å². The fourth-order valence-electron chi connectivity index (χ4n) is 6.52. The van der Waals surface area contributed by atoms with Gasteiger partial charge in [-0.2, -0.15) is 0 Å². The van der Waals surface area contributed by atoms with Gasteiger partial charge in [-0.3, -0.25) is 4.98 Å². The number of aromatic nitrogens is 1. The first-order valence-corrected chi connectivity index (χ1v) is 14.4. The van der Waals surface area contributed by atoms with Gasteiger partial charge in [0, 0.05) is 50.3 Å². The van der Waals surface area contributed by atoms with Crippen molar-refractivity contribution in [2.45, 2.75) is 121 Å². The first-order chi connectivity index (χ1) is 18.0. The molecule has 3 aliphatic rings. The van der Waals surface area contributed by atoms with Crippen LogP contribution in [0.1, 0.15) is 115 Å². The SMILES string of the molecule is CCCCCc1c(C(=O)O)c2nc(c1C(=O)O)CN[C@@H]1CCCC[C@H]1NCCN[C@@H]1CCCC[C@H]1NC2. The van der Waals surface area contributed by atoms with Crippen molar-refractivity contribution in [1.29, 1.82) is 0 Å². The zero-order chi connectivity index (χ0) is 26.2. The molecule has 9 nitrogen and oxygen atoms in total. The third-order valence-electron chi connectivity index (χ3n) is 8.44. The van der Waals surface area contributed by atoms with Crippen LogP contribution in [0.5, 0.6) is 0 Å². The van der Waals surface area contributed by atoms with Crippen molar-refractivity contribution in [3.05, 3.63) is 28.1 Å². The van der Waals surface area contributed by atoms with E-state index >= 15 is 0 Å². The van der Waals surface area contributed by atoms with E-state index in [0.29, 0.717) is 48.5 Å². The maximum Gasteiger partial charge on any atom is 0.337 e. The molecule has 0 spiro atoms. The highest BCUT2D eigenvalue weighted by atomic mass is 16.4. The number of carbonyl (C=O) groups is 2. The van der Waals surface area contributed by atoms with E-state index < -0.39 is 11.9 Å². The molecule has 1 aliphatic heterocycles. The van der Waals surface area contributed by atoms with Crippen LogP contribution in [-0.2, 0) is 19.5 Å². The Morgan fingerprint density at radius 1 is 0.730 bits per heavy atom. The predicted octanol–water partition coefficient (Wildman–Crippen LogP) is 3.21. The Bertz CT molecular complexity index is 873. The second kappa shape index (κ2) is 13.6. The third-order valence-corrected chi connectivity index (χ3v) is 8.44. The maximum atomic E-state index is 12.5. The summed E-state index contributed by atoms with van der Waals surface area (Å²) in [5.41, 5.74) is 1.49. The van der Waals surface area contributed by atoms with Crippen molar-refractivity contribution in [1.82, 2.24) is 26.3 Å². The molecule has 0 saturated heterocycles. The summed E-state index contributed by atoms with van der Waals surface area (Å²) in [6.45, 7) is 4.51. The van der Waals surface area contributed by atoms with Crippen molar-refractivity contribution in [2.24, 2.45) is 0 Å². The van der Waals surface area contributed by atoms with E-state index in [9.17, 15) is 19.8 Å². The largest absolute Gasteiger partial charge is 0.478 e. The highest BCUT2D eigenvalue weighted by Crippen LogP contribution is 2.27. The molecule has 6 N–H and O–H groups in total. The summed E-state index contributed by atoms with van der Waals surface area (Å²) in [7, 11) is 0. The van der Waals surface area contributed by atoms with Gasteiger partial charge in [-0.05, 0) is 44.1 Å². The average Bonchev–Trinajstić information content (AvgIpc) is 2.89. The molecule has 4 rings (SSSR count). The van der Waals surface area contributed by atoms with Gasteiger partial charge < -0.3 is 31.5 Å². The molecular weight excluding hydrogens is 470 g/mol. The zero-order valence-electron chi connectivity index (χ0n) is 22.3. The van der Waals surface area contributed by atoms with Crippen LogP contribution in [0.25, 0.3) is 0 Å². The van der Waals surface area contributed by atoms with Crippen LogP contribution in [-0.4, -0.2) is 64.4 Å². The highest BCUT2D eigenvalue weighted by molar-refractivity contribution is 5.98. The van der Waals surface area contributed by atoms with Gasteiger partial charge >= 0.3 is 11.9 Å². The standard InChI is InChI=1S/C28H45N5O4/c1-2-3-4-9-18-25(27(34)35)23-16-31-21-12-7-5-10-19(21)29-14-15-30-20-11-6-8-13-22(20)32-17-24(33-23)26(18)28(36)37/h19-22,29-32H,2-17H2,1H3,(H,34,35)(H,36,37)/t19-,20-,21-,22-/m1/s1. The molecule has 0 unspecified atom stereocenters. The van der Waals surface area contributed by atoms with E-state index in [2.05, 4.69) is 28.2 Å². The Morgan fingerprint density at radius 3 is 1.57 bits per heavy atom. The van der Waals surface area contributed by atoms with Crippen molar-refractivity contribution >= 4 is 11.9 Å². The lowest BCUT2D eigenvalue weighted by Crippen LogP contribution is -2.53. The highest BCUT2D eigenvalue weighted by Gasteiger charge is 2.31. The monoisotopic (exact) mass is 515 g/mol. The number of unbranched alkanes of at least 4 members (excludes halogenated alkanes) is 2. The third kappa shape index (κ3) is 7.07. The summed E-state index contributed by atoms with van der Waals surface area (Å²) in [4.78, 5) is 29.8. The van der Waals surface area contributed by atoms with Gasteiger partial charge in [0.1, 0.15) is 0 Å².